The SMILES string of the molecule is Cc1cc(C)c(OCCNC(=O)Nc2cccc(C(F)(F)F)c2)cc1C. The molecule has 7 heteroatoms. The summed E-state index contributed by atoms with van der Waals surface area (Å²) in [7, 11) is 0. The fraction of sp³-hybridized carbons (Fsp3) is 0.316. The quantitative estimate of drug-likeness (QED) is 0.745. The Balaban J connectivity index is 1.82. The van der Waals surface area contributed by atoms with E-state index in [-0.39, 0.29) is 18.8 Å². The summed E-state index contributed by atoms with van der Waals surface area (Å²) in [6.45, 7) is 6.42. The molecule has 0 aliphatic heterocycles. The van der Waals surface area contributed by atoms with Gasteiger partial charge < -0.3 is 15.4 Å². The number of anilines is 1. The number of amides is 2. The van der Waals surface area contributed by atoms with Crippen LogP contribution in [0.4, 0.5) is 23.7 Å². The summed E-state index contributed by atoms with van der Waals surface area (Å²) in [5, 5.41) is 4.92. The highest BCUT2D eigenvalue weighted by molar-refractivity contribution is 5.89. The lowest BCUT2D eigenvalue weighted by Crippen LogP contribution is -2.32. The van der Waals surface area contributed by atoms with Gasteiger partial charge in [0.1, 0.15) is 12.4 Å². The molecule has 2 N–H and O–H groups in total. The Morgan fingerprint density at radius 3 is 2.42 bits per heavy atom. The predicted molar refractivity (Wildman–Crippen MR) is 94.6 cm³/mol. The van der Waals surface area contributed by atoms with Crippen molar-refractivity contribution in [3.05, 3.63) is 58.7 Å². The number of carbonyl (C=O) groups is 1. The number of urea groups is 1. The number of aryl methyl sites for hydroxylation is 3. The lowest BCUT2D eigenvalue weighted by Gasteiger charge is -2.13. The normalized spacial score (nSPS) is 11.2. The van der Waals surface area contributed by atoms with Gasteiger partial charge in [0.15, 0.2) is 0 Å². The molecule has 2 rings (SSSR count). The van der Waals surface area contributed by atoms with E-state index in [2.05, 4.69) is 10.6 Å². The van der Waals surface area contributed by atoms with Gasteiger partial charge in [-0.2, -0.15) is 13.2 Å². The zero-order valence-corrected chi connectivity index (χ0v) is 14.8. The van der Waals surface area contributed by atoms with Crippen molar-refractivity contribution < 1.29 is 22.7 Å². The number of benzene rings is 2. The van der Waals surface area contributed by atoms with Gasteiger partial charge in [0, 0.05) is 5.69 Å². The van der Waals surface area contributed by atoms with Gasteiger partial charge >= 0.3 is 12.2 Å². The van der Waals surface area contributed by atoms with E-state index in [4.69, 9.17) is 4.74 Å². The number of carbonyl (C=O) groups excluding carboxylic acids is 1. The summed E-state index contributed by atoms with van der Waals surface area (Å²) < 4.78 is 43.6. The molecule has 4 nitrogen and oxygen atoms in total. The molecule has 0 atom stereocenters. The van der Waals surface area contributed by atoms with Gasteiger partial charge in [-0.15, -0.1) is 0 Å². The molecule has 0 aliphatic carbocycles. The Labute approximate surface area is 150 Å². The van der Waals surface area contributed by atoms with Crippen LogP contribution in [0.5, 0.6) is 5.75 Å². The molecule has 0 aliphatic rings. The van der Waals surface area contributed by atoms with E-state index in [1.54, 1.807) is 0 Å². The van der Waals surface area contributed by atoms with Gasteiger partial charge in [-0.25, -0.2) is 4.79 Å². The largest absolute Gasteiger partial charge is 0.491 e. The van der Waals surface area contributed by atoms with E-state index in [0.29, 0.717) is 0 Å². The van der Waals surface area contributed by atoms with E-state index in [1.807, 2.05) is 32.9 Å². The summed E-state index contributed by atoms with van der Waals surface area (Å²) in [5.74, 6) is 0.744. The number of alkyl halides is 3. The van der Waals surface area contributed by atoms with Crippen molar-refractivity contribution >= 4 is 11.7 Å². The Morgan fingerprint density at radius 1 is 1.04 bits per heavy atom. The van der Waals surface area contributed by atoms with Crippen molar-refractivity contribution in [2.45, 2.75) is 26.9 Å². The zero-order valence-electron chi connectivity index (χ0n) is 14.8. The van der Waals surface area contributed by atoms with Crippen LogP contribution in [-0.4, -0.2) is 19.2 Å². The molecule has 26 heavy (non-hydrogen) atoms. The average molecular weight is 366 g/mol. The third kappa shape index (κ3) is 5.40. The number of halogens is 3. The average Bonchev–Trinajstić information content (AvgIpc) is 2.55. The first-order valence-electron chi connectivity index (χ1n) is 8.09. The first kappa shape index (κ1) is 19.6. The number of hydrogen-bond donors (Lipinski definition) is 2. The van der Waals surface area contributed by atoms with Gasteiger partial charge in [-0.1, -0.05) is 12.1 Å². The predicted octanol–water partition coefficient (Wildman–Crippen LogP) is 4.83. The van der Waals surface area contributed by atoms with Crippen LogP contribution in [0.1, 0.15) is 22.3 Å². The third-order valence-corrected chi connectivity index (χ3v) is 3.88. The molecule has 0 aromatic heterocycles. The summed E-state index contributed by atoms with van der Waals surface area (Å²) in [6, 6.07) is 7.83. The number of ether oxygens (including phenoxy) is 1. The Bertz CT molecular complexity index is 789. The smallest absolute Gasteiger partial charge is 0.416 e. The van der Waals surface area contributed by atoms with Crippen molar-refractivity contribution in [3.8, 4) is 5.75 Å². The van der Waals surface area contributed by atoms with Crippen LogP contribution in [0.3, 0.4) is 0 Å². The number of hydrogen-bond acceptors (Lipinski definition) is 2. The van der Waals surface area contributed by atoms with Crippen molar-refractivity contribution in [2.24, 2.45) is 0 Å². The second-order valence-electron chi connectivity index (χ2n) is 6.01. The van der Waals surface area contributed by atoms with Gasteiger partial charge in [0.05, 0.1) is 12.1 Å². The fourth-order valence-corrected chi connectivity index (χ4v) is 2.36. The highest BCUT2D eigenvalue weighted by Crippen LogP contribution is 2.30. The van der Waals surface area contributed by atoms with E-state index in [0.717, 1.165) is 29.0 Å². The van der Waals surface area contributed by atoms with Gasteiger partial charge in [0.2, 0.25) is 0 Å². The second kappa shape index (κ2) is 8.12. The summed E-state index contributed by atoms with van der Waals surface area (Å²) in [6.07, 6.45) is -4.45. The molecular weight excluding hydrogens is 345 g/mol. The van der Waals surface area contributed by atoms with Gasteiger partial charge in [0.25, 0.3) is 0 Å². The fourth-order valence-electron chi connectivity index (χ4n) is 2.36. The molecule has 0 saturated heterocycles. The Kier molecular flexibility index (Phi) is 6.13. The second-order valence-corrected chi connectivity index (χ2v) is 6.01. The molecule has 0 unspecified atom stereocenters. The van der Waals surface area contributed by atoms with E-state index in [9.17, 15) is 18.0 Å². The van der Waals surface area contributed by atoms with E-state index >= 15 is 0 Å². The molecule has 0 radical (unpaired) electrons. The summed E-state index contributed by atoms with van der Waals surface area (Å²) >= 11 is 0. The molecule has 2 amide bonds. The van der Waals surface area contributed by atoms with Crippen LogP contribution in [0, 0.1) is 20.8 Å². The van der Waals surface area contributed by atoms with Crippen LogP contribution >= 0.6 is 0 Å². The van der Waals surface area contributed by atoms with Gasteiger partial charge in [-0.05, 0) is 61.7 Å². The first-order chi connectivity index (χ1) is 12.2. The molecule has 0 heterocycles. The number of nitrogens with one attached hydrogen (secondary N) is 2. The highest BCUT2D eigenvalue weighted by Gasteiger charge is 2.30. The standard InChI is InChI=1S/C19H21F3N2O2/c1-12-9-14(3)17(10-13(12)2)26-8-7-23-18(25)24-16-6-4-5-15(11-16)19(20,21)22/h4-6,9-11H,7-8H2,1-3H3,(H2,23,24,25). The van der Waals surface area contributed by atoms with Crippen LogP contribution in [0.25, 0.3) is 0 Å². The lowest BCUT2D eigenvalue weighted by atomic mass is 10.1. The van der Waals surface area contributed by atoms with Crippen LogP contribution in [0.2, 0.25) is 0 Å². The number of rotatable bonds is 5. The molecule has 0 spiro atoms. The molecular formula is C19H21F3N2O2. The zero-order chi connectivity index (χ0) is 19.3. The maximum Gasteiger partial charge on any atom is 0.416 e. The maximum absolute atomic E-state index is 12.7. The van der Waals surface area contributed by atoms with Crippen molar-refractivity contribution in [2.75, 3.05) is 18.5 Å². The van der Waals surface area contributed by atoms with Gasteiger partial charge in [-0.3, -0.25) is 0 Å². The van der Waals surface area contributed by atoms with E-state index in [1.165, 1.54) is 17.7 Å². The lowest BCUT2D eigenvalue weighted by molar-refractivity contribution is -0.137. The maximum atomic E-state index is 12.7. The van der Waals surface area contributed by atoms with Crippen molar-refractivity contribution in [3.63, 3.8) is 0 Å². The first-order valence-corrected chi connectivity index (χ1v) is 8.09. The van der Waals surface area contributed by atoms with Crippen molar-refractivity contribution in [1.29, 1.82) is 0 Å². The van der Waals surface area contributed by atoms with Crippen LogP contribution in [0.15, 0.2) is 36.4 Å². The van der Waals surface area contributed by atoms with Crippen molar-refractivity contribution in [1.82, 2.24) is 5.32 Å². The minimum Gasteiger partial charge on any atom is -0.491 e. The Hall–Kier alpha value is -2.70. The monoisotopic (exact) mass is 366 g/mol. The minimum absolute atomic E-state index is 0.0725. The molecule has 0 fully saturated rings. The highest BCUT2D eigenvalue weighted by atomic mass is 19.4. The molecule has 0 bridgehead atoms. The molecule has 2 aromatic carbocycles. The van der Waals surface area contributed by atoms with Crippen LogP contribution < -0.4 is 15.4 Å². The van der Waals surface area contributed by atoms with Crippen LogP contribution in [-0.2, 0) is 6.18 Å². The minimum atomic E-state index is -4.45. The Morgan fingerprint density at radius 2 is 1.73 bits per heavy atom. The summed E-state index contributed by atoms with van der Waals surface area (Å²) in [5.41, 5.74) is 2.54. The molecule has 140 valence electrons. The third-order valence-electron chi connectivity index (χ3n) is 3.88. The molecule has 2 aromatic rings. The molecule has 0 saturated carbocycles. The summed E-state index contributed by atoms with van der Waals surface area (Å²) in [4.78, 5) is 11.8. The topological polar surface area (TPSA) is 50.4 Å². The van der Waals surface area contributed by atoms with E-state index < -0.39 is 17.8 Å².